The SMILES string of the molecule is Cc1ccc(CNCC(CC(C)C)NCc2ccc(F)cc2Cl)cc1. The third kappa shape index (κ3) is 7.15. The maximum absolute atomic E-state index is 13.2. The van der Waals surface area contributed by atoms with Crippen LogP contribution in [0.5, 0.6) is 0 Å². The summed E-state index contributed by atoms with van der Waals surface area (Å²) in [5.41, 5.74) is 3.49. The van der Waals surface area contributed by atoms with Crippen molar-refractivity contribution in [2.75, 3.05) is 6.54 Å². The van der Waals surface area contributed by atoms with Crippen molar-refractivity contribution in [3.8, 4) is 0 Å². The van der Waals surface area contributed by atoms with Crippen molar-refractivity contribution in [1.82, 2.24) is 10.6 Å². The van der Waals surface area contributed by atoms with Crippen LogP contribution in [0.15, 0.2) is 42.5 Å². The lowest BCUT2D eigenvalue weighted by Gasteiger charge is -2.22. The molecular weight excluding hydrogens is 335 g/mol. The molecule has 0 bridgehead atoms. The molecule has 1 atom stereocenters. The van der Waals surface area contributed by atoms with Crippen LogP contribution in [0, 0.1) is 18.7 Å². The molecule has 1 unspecified atom stereocenters. The van der Waals surface area contributed by atoms with E-state index >= 15 is 0 Å². The highest BCUT2D eigenvalue weighted by molar-refractivity contribution is 6.31. The summed E-state index contributed by atoms with van der Waals surface area (Å²) in [7, 11) is 0. The smallest absolute Gasteiger partial charge is 0.124 e. The normalized spacial score (nSPS) is 12.6. The summed E-state index contributed by atoms with van der Waals surface area (Å²) in [4.78, 5) is 0. The Morgan fingerprint density at radius 1 is 1.04 bits per heavy atom. The minimum absolute atomic E-state index is 0.299. The molecule has 0 amide bonds. The zero-order valence-corrected chi connectivity index (χ0v) is 16.0. The van der Waals surface area contributed by atoms with Crippen LogP contribution in [-0.2, 0) is 13.1 Å². The molecule has 0 saturated carbocycles. The predicted molar refractivity (Wildman–Crippen MR) is 104 cm³/mol. The number of halogens is 2. The molecule has 0 fully saturated rings. The Balaban J connectivity index is 1.86. The van der Waals surface area contributed by atoms with Crippen LogP contribution in [0.25, 0.3) is 0 Å². The lowest BCUT2D eigenvalue weighted by Crippen LogP contribution is -2.39. The van der Waals surface area contributed by atoms with E-state index in [1.165, 1.54) is 23.3 Å². The Morgan fingerprint density at radius 2 is 1.76 bits per heavy atom. The molecule has 0 spiro atoms. The van der Waals surface area contributed by atoms with Gasteiger partial charge in [-0.15, -0.1) is 0 Å². The van der Waals surface area contributed by atoms with Gasteiger partial charge in [0, 0.05) is 30.7 Å². The van der Waals surface area contributed by atoms with Crippen LogP contribution >= 0.6 is 11.6 Å². The number of aryl methyl sites for hydroxylation is 1. The first-order valence-electron chi connectivity index (χ1n) is 8.87. The first kappa shape index (κ1) is 19.9. The number of hydrogen-bond donors (Lipinski definition) is 2. The standard InChI is InChI=1S/C21H28ClFN2/c1-15(2)10-20(14-24-12-17-6-4-16(3)5-7-17)25-13-18-8-9-19(23)11-21(18)22/h4-9,11,15,20,24-25H,10,12-14H2,1-3H3. The molecule has 0 aliphatic rings. The minimum Gasteiger partial charge on any atom is -0.311 e. The van der Waals surface area contributed by atoms with Gasteiger partial charge in [-0.1, -0.05) is 61.3 Å². The van der Waals surface area contributed by atoms with Crippen molar-refractivity contribution in [3.05, 3.63) is 70.0 Å². The summed E-state index contributed by atoms with van der Waals surface area (Å²) in [5.74, 6) is 0.301. The zero-order valence-electron chi connectivity index (χ0n) is 15.3. The monoisotopic (exact) mass is 362 g/mol. The van der Waals surface area contributed by atoms with E-state index in [0.29, 0.717) is 23.5 Å². The fourth-order valence-electron chi connectivity index (χ4n) is 2.82. The summed E-state index contributed by atoms with van der Waals surface area (Å²) in [5, 5.41) is 7.56. The van der Waals surface area contributed by atoms with E-state index < -0.39 is 0 Å². The van der Waals surface area contributed by atoms with Crippen molar-refractivity contribution >= 4 is 11.6 Å². The van der Waals surface area contributed by atoms with Gasteiger partial charge in [0.2, 0.25) is 0 Å². The number of benzene rings is 2. The molecule has 2 aromatic carbocycles. The molecule has 0 aromatic heterocycles. The van der Waals surface area contributed by atoms with E-state index in [0.717, 1.165) is 25.1 Å². The maximum Gasteiger partial charge on any atom is 0.124 e. The van der Waals surface area contributed by atoms with E-state index in [-0.39, 0.29) is 5.82 Å². The van der Waals surface area contributed by atoms with Crippen molar-refractivity contribution < 1.29 is 4.39 Å². The summed E-state index contributed by atoms with van der Waals surface area (Å²) < 4.78 is 13.2. The highest BCUT2D eigenvalue weighted by atomic mass is 35.5. The number of hydrogen-bond acceptors (Lipinski definition) is 2. The van der Waals surface area contributed by atoms with Gasteiger partial charge in [-0.3, -0.25) is 0 Å². The number of nitrogens with one attached hydrogen (secondary N) is 2. The Kier molecular flexibility index (Phi) is 7.89. The van der Waals surface area contributed by atoms with Crippen LogP contribution in [0.2, 0.25) is 5.02 Å². The van der Waals surface area contributed by atoms with Gasteiger partial charge in [0.1, 0.15) is 5.82 Å². The van der Waals surface area contributed by atoms with Crippen LogP contribution in [0.3, 0.4) is 0 Å². The third-order valence-corrected chi connectivity index (χ3v) is 4.54. The Hall–Kier alpha value is -1.42. The fourth-order valence-corrected chi connectivity index (χ4v) is 3.06. The van der Waals surface area contributed by atoms with Crippen LogP contribution in [0.1, 0.15) is 37.0 Å². The summed E-state index contributed by atoms with van der Waals surface area (Å²) in [6.45, 7) is 8.92. The molecule has 0 aliphatic heterocycles. The summed E-state index contributed by atoms with van der Waals surface area (Å²) in [6.07, 6.45) is 1.07. The molecule has 0 saturated heterocycles. The Morgan fingerprint density at radius 3 is 2.40 bits per heavy atom. The van der Waals surface area contributed by atoms with Crippen LogP contribution in [-0.4, -0.2) is 12.6 Å². The molecule has 0 heterocycles. The van der Waals surface area contributed by atoms with Crippen molar-refractivity contribution in [2.24, 2.45) is 5.92 Å². The van der Waals surface area contributed by atoms with Gasteiger partial charge in [-0.2, -0.15) is 0 Å². The molecule has 0 aliphatic carbocycles. The van der Waals surface area contributed by atoms with Gasteiger partial charge in [-0.05, 0) is 42.5 Å². The molecule has 2 N–H and O–H groups in total. The maximum atomic E-state index is 13.2. The second-order valence-electron chi connectivity index (χ2n) is 7.06. The zero-order chi connectivity index (χ0) is 18.2. The molecule has 136 valence electrons. The lowest BCUT2D eigenvalue weighted by atomic mass is 10.0. The van der Waals surface area contributed by atoms with Gasteiger partial charge in [0.15, 0.2) is 0 Å². The van der Waals surface area contributed by atoms with Crippen molar-refractivity contribution in [2.45, 2.75) is 46.3 Å². The second-order valence-corrected chi connectivity index (χ2v) is 7.47. The average molecular weight is 363 g/mol. The van der Waals surface area contributed by atoms with Crippen LogP contribution in [0.4, 0.5) is 4.39 Å². The van der Waals surface area contributed by atoms with E-state index in [4.69, 9.17) is 11.6 Å². The van der Waals surface area contributed by atoms with E-state index in [9.17, 15) is 4.39 Å². The van der Waals surface area contributed by atoms with Gasteiger partial charge < -0.3 is 10.6 Å². The Labute approximate surface area is 155 Å². The fraction of sp³-hybridized carbons (Fsp3) is 0.429. The first-order chi connectivity index (χ1) is 11.9. The van der Waals surface area contributed by atoms with Gasteiger partial charge in [-0.25, -0.2) is 4.39 Å². The molecule has 4 heteroatoms. The average Bonchev–Trinajstić information content (AvgIpc) is 2.55. The van der Waals surface area contributed by atoms with Crippen molar-refractivity contribution in [1.29, 1.82) is 0 Å². The van der Waals surface area contributed by atoms with E-state index in [1.807, 2.05) is 0 Å². The molecule has 2 aromatic rings. The molecule has 25 heavy (non-hydrogen) atoms. The molecule has 2 nitrogen and oxygen atoms in total. The topological polar surface area (TPSA) is 24.1 Å². The number of rotatable bonds is 9. The first-order valence-corrected chi connectivity index (χ1v) is 9.25. The largest absolute Gasteiger partial charge is 0.311 e. The molecular formula is C21H28ClFN2. The molecule has 2 rings (SSSR count). The third-order valence-electron chi connectivity index (χ3n) is 4.19. The highest BCUT2D eigenvalue weighted by Crippen LogP contribution is 2.17. The highest BCUT2D eigenvalue weighted by Gasteiger charge is 2.11. The lowest BCUT2D eigenvalue weighted by molar-refractivity contribution is 0.396. The van der Waals surface area contributed by atoms with Crippen LogP contribution < -0.4 is 10.6 Å². The second kappa shape index (κ2) is 9.91. The Bertz CT molecular complexity index is 655. The summed E-state index contributed by atoms with van der Waals surface area (Å²) >= 11 is 6.12. The van der Waals surface area contributed by atoms with Crippen molar-refractivity contribution in [3.63, 3.8) is 0 Å². The minimum atomic E-state index is -0.299. The van der Waals surface area contributed by atoms with E-state index in [2.05, 4.69) is 55.7 Å². The van der Waals surface area contributed by atoms with Gasteiger partial charge in [0.25, 0.3) is 0 Å². The van der Waals surface area contributed by atoms with E-state index in [1.54, 1.807) is 6.07 Å². The van der Waals surface area contributed by atoms with Gasteiger partial charge in [0.05, 0.1) is 0 Å². The molecule has 0 radical (unpaired) electrons. The van der Waals surface area contributed by atoms with Gasteiger partial charge >= 0.3 is 0 Å². The summed E-state index contributed by atoms with van der Waals surface area (Å²) in [6, 6.07) is 13.5. The predicted octanol–water partition coefficient (Wildman–Crippen LogP) is 5.08. The quantitative estimate of drug-likeness (QED) is 0.649.